The number of halogens is 1. The summed E-state index contributed by atoms with van der Waals surface area (Å²) < 4.78 is 0. The summed E-state index contributed by atoms with van der Waals surface area (Å²) >= 11 is 5.87. The van der Waals surface area contributed by atoms with Gasteiger partial charge in [-0.1, -0.05) is 37.6 Å². The van der Waals surface area contributed by atoms with Crippen LogP contribution in [0.4, 0.5) is 4.79 Å². The molecule has 0 aliphatic heterocycles. The van der Waals surface area contributed by atoms with Gasteiger partial charge in [0.25, 0.3) is 0 Å². The summed E-state index contributed by atoms with van der Waals surface area (Å²) in [6.45, 7) is 7.24. The topological polar surface area (TPSA) is 52.6 Å². The molecule has 5 heteroatoms. The number of carbonyl (C=O) groups excluding carboxylic acids is 1. The number of carbonyl (C=O) groups is 1. The number of aliphatic hydroxyl groups is 1. The molecule has 1 aromatic rings. The minimum atomic E-state index is -0.0976. The van der Waals surface area contributed by atoms with Crippen molar-refractivity contribution in [2.24, 2.45) is 5.92 Å². The fourth-order valence-electron chi connectivity index (χ4n) is 1.78. The molecule has 0 unspecified atom stereocenters. The molecule has 4 nitrogen and oxygen atoms in total. The summed E-state index contributed by atoms with van der Waals surface area (Å²) in [5.41, 5.74) is 1.02. The van der Waals surface area contributed by atoms with E-state index in [1.165, 1.54) is 0 Å². The van der Waals surface area contributed by atoms with Gasteiger partial charge in [0.05, 0.1) is 0 Å². The van der Waals surface area contributed by atoms with Gasteiger partial charge in [0.15, 0.2) is 0 Å². The van der Waals surface area contributed by atoms with Crippen molar-refractivity contribution in [1.29, 1.82) is 0 Å². The number of amides is 2. The Morgan fingerprint density at radius 1 is 1.29 bits per heavy atom. The molecule has 0 heterocycles. The summed E-state index contributed by atoms with van der Waals surface area (Å²) in [7, 11) is 0. The van der Waals surface area contributed by atoms with Crippen LogP contribution >= 0.6 is 11.6 Å². The molecule has 118 valence electrons. The van der Waals surface area contributed by atoms with Gasteiger partial charge in [0.1, 0.15) is 0 Å². The maximum absolute atomic E-state index is 12.3. The lowest BCUT2D eigenvalue weighted by Gasteiger charge is -2.26. The lowest BCUT2D eigenvalue weighted by Crippen LogP contribution is -2.45. The molecular weight excluding hydrogens is 288 g/mol. The zero-order valence-corrected chi connectivity index (χ0v) is 13.7. The van der Waals surface area contributed by atoms with E-state index in [0.29, 0.717) is 30.5 Å². The van der Waals surface area contributed by atoms with Crippen LogP contribution in [-0.2, 0) is 6.54 Å². The summed E-state index contributed by atoms with van der Waals surface area (Å²) in [6, 6.07) is 7.46. The molecule has 1 aromatic carbocycles. The fraction of sp³-hybridized carbons (Fsp3) is 0.562. The average Bonchev–Trinajstić information content (AvgIpc) is 2.45. The van der Waals surface area contributed by atoms with Crippen LogP contribution in [0.5, 0.6) is 0 Å². The van der Waals surface area contributed by atoms with Crippen LogP contribution in [0.3, 0.4) is 0 Å². The third kappa shape index (κ3) is 6.36. The van der Waals surface area contributed by atoms with Gasteiger partial charge in [-0.3, -0.25) is 0 Å². The Labute approximate surface area is 132 Å². The molecule has 1 atom stereocenters. The molecule has 21 heavy (non-hydrogen) atoms. The normalized spacial score (nSPS) is 12.3. The third-order valence-corrected chi connectivity index (χ3v) is 3.76. The Kier molecular flexibility index (Phi) is 7.54. The predicted molar refractivity (Wildman–Crippen MR) is 86.4 cm³/mol. The Bertz CT molecular complexity index is 434. The first-order chi connectivity index (χ1) is 9.93. The SMILES string of the molecule is CC(C)[C@H](C)NC(=O)N(CCCO)Cc1ccc(Cl)cc1. The van der Waals surface area contributed by atoms with E-state index in [4.69, 9.17) is 16.7 Å². The van der Waals surface area contributed by atoms with E-state index in [1.807, 2.05) is 31.2 Å². The number of benzene rings is 1. The highest BCUT2D eigenvalue weighted by Crippen LogP contribution is 2.12. The number of urea groups is 1. The second kappa shape index (κ2) is 8.90. The maximum Gasteiger partial charge on any atom is 0.317 e. The molecule has 0 radical (unpaired) electrons. The standard InChI is InChI=1S/C16H25ClN2O2/c1-12(2)13(3)18-16(21)19(9-4-10-20)11-14-5-7-15(17)8-6-14/h5-8,12-13,20H,4,9-11H2,1-3H3,(H,18,21)/t13-/m0/s1. The average molecular weight is 313 g/mol. The number of nitrogens with one attached hydrogen (secondary N) is 1. The van der Waals surface area contributed by atoms with Crippen molar-refractivity contribution >= 4 is 17.6 Å². The molecule has 0 aliphatic carbocycles. The summed E-state index contributed by atoms with van der Waals surface area (Å²) in [4.78, 5) is 14.1. The molecule has 1 rings (SSSR count). The summed E-state index contributed by atoms with van der Waals surface area (Å²) in [6.07, 6.45) is 0.567. The summed E-state index contributed by atoms with van der Waals surface area (Å²) in [5, 5.41) is 12.7. The van der Waals surface area contributed by atoms with Crippen molar-refractivity contribution in [3.63, 3.8) is 0 Å². The molecule has 0 spiro atoms. The van der Waals surface area contributed by atoms with Crippen LogP contribution in [0.25, 0.3) is 0 Å². The highest BCUT2D eigenvalue weighted by atomic mass is 35.5. The zero-order valence-electron chi connectivity index (χ0n) is 13.0. The first kappa shape index (κ1) is 17.8. The lowest BCUT2D eigenvalue weighted by molar-refractivity contribution is 0.181. The molecule has 0 aliphatic rings. The van der Waals surface area contributed by atoms with Crippen LogP contribution in [0.15, 0.2) is 24.3 Å². The minimum Gasteiger partial charge on any atom is -0.396 e. The Balaban J connectivity index is 2.70. The lowest BCUT2D eigenvalue weighted by atomic mass is 10.1. The molecule has 0 bridgehead atoms. The van der Waals surface area contributed by atoms with Crippen LogP contribution in [0, 0.1) is 5.92 Å². The monoisotopic (exact) mass is 312 g/mol. The maximum atomic E-state index is 12.3. The number of hydrogen-bond donors (Lipinski definition) is 2. The first-order valence-electron chi connectivity index (χ1n) is 7.34. The van der Waals surface area contributed by atoms with Gasteiger partial charge < -0.3 is 15.3 Å². The van der Waals surface area contributed by atoms with Crippen LogP contribution in [0.1, 0.15) is 32.8 Å². The van der Waals surface area contributed by atoms with Gasteiger partial charge in [0, 0.05) is 30.8 Å². The zero-order chi connectivity index (χ0) is 15.8. The van der Waals surface area contributed by atoms with Crippen molar-refractivity contribution in [2.45, 2.75) is 39.8 Å². The van der Waals surface area contributed by atoms with E-state index in [-0.39, 0.29) is 18.7 Å². The van der Waals surface area contributed by atoms with E-state index in [0.717, 1.165) is 5.56 Å². The van der Waals surface area contributed by atoms with E-state index in [2.05, 4.69) is 19.2 Å². The van der Waals surface area contributed by atoms with Crippen molar-refractivity contribution in [1.82, 2.24) is 10.2 Å². The summed E-state index contributed by atoms with van der Waals surface area (Å²) in [5.74, 6) is 0.379. The smallest absolute Gasteiger partial charge is 0.317 e. The molecule has 2 amide bonds. The number of hydrogen-bond acceptors (Lipinski definition) is 2. The highest BCUT2D eigenvalue weighted by molar-refractivity contribution is 6.30. The molecular formula is C16H25ClN2O2. The first-order valence-corrected chi connectivity index (χ1v) is 7.72. The Morgan fingerprint density at radius 2 is 1.90 bits per heavy atom. The number of rotatable bonds is 7. The van der Waals surface area contributed by atoms with Gasteiger partial charge >= 0.3 is 6.03 Å². The highest BCUT2D eigenvalue weighted by Gasteiger charge is 2.17. The van der Waals surface area contributed by atoms with E-state index in [1.54, 1.807) is 4.90 Å². The largest absolute Gasteiger partial charge is 0.396 e. The van der Waals surface area contributed by atoms with E-state index < -0.39 is 0 Å². The fourth-order valence-corrected chi connectivity index (χ4v) is 1.90. The van der Waals surface area contributed by atoms with E-state index >= 15 is 0 Å². The second-order valence-electron chi connectivity index (χ2n) is 5.61. The predicted octanol–water partition coefficient (Wildman–Crippen LogP) is 3.28. The number of nitrogens with zero attached hydrogens (tertiary/aromatic N) is 1. The van der Waals surface area contributed by atoms with Crippen LogP contribution < -0.4 is 5.32 Å². The molecule has 0 fully saturated rings. The third-order valence-electron chi connectivity index (χ3n) is 3.51. The molecule has 0 aromatic heterocycles. The number of aliphatic hydroxyl groups excluding tert-OH is 1. The molecule has 2 N–H and O–H groups in total. The van der Waals surface area contributed by atoms with Crippen molar-refractivity contribution < 1.29 is 9.90 Å². The van der Waals surface area contributed by atoms with E-state index in [9.17, 15) is 4.79 Å². The van der Waals surface area contributed by atoms with Crippen LogP contribution in [0.2, 0.25) is 5.02 Å². The van der Waals surface area contributed by atoms with Crippen molar-refractivity contribution in [2.75, 3.05) is 13.2 Å². The Hall–Kier alpha value is -1.26. The minimum absolute atomic E-state index is 0.0735. The van der Waals surface area contributed by atoms with Crippen molar-refractivity contribution in [3.8, 4) is 0 Å². The molecule has 0 saturated heterocycles. The Morgan fingerprint density at radius 3 is 2.43 bits per heavy atom. The second-order valence-corrected chi connectivity index (χ2v) is 6.04. The van der Waals surface area contributed by atoms with Gasteiger partial charge in [-0.05, 0) is 37.0 Å². The van der Waals surface area contributed by atoms with Gasteiger partial charge in [0.2, 0.25) is 0 Å². The molecule has 0 saturated carbocycles. The van der Waals surface area contributed by atoms with Crippen molar-refractivity contribution in [3.05, 3.63) is 34.9 Å². The van der Waals surface area contributed by atoms with Crippen LogP contribution in [-0.4, -0.2) is 35.2 Å². The van der Waals surface area contributed by atoms with Gasteiger partial charge in [-0.15, -0.1) is 0 Å². The quantitative estimate of drug-likeness (QED) is 0.812. The van der Waals surface area contributed by atoms with Gasteiger partial charge in [-0.25, -0.2) is 4.79 Å². The van der Waals surface area contributed by atoms with Gasteiger partial charge in [-0.2, -0.15) is 0 Å².